The monoisotopic (exact) mass is 234 g/mol. The van der Waals surface area contributed by atoms with E-state index >= 15 is 0 Å². The van der Waals surface area contributed by atoms with E-state index in [4.69, 9.17) is 10.2 Å². The second-order valence-electron chi connectivity index (χ2n) is 3.93. The summed E-state index contributed by atoms with van der Waals surface area (Å²) in [6.07, 6.45) is 2.07. The predicted octanol–water partition coefficient (Wildman–Crippen LogP) is -2.34. The summed E-state index contributed by atoms with van der Waals surface area (Å²) in [5, 5.41) is 17.7. The summed E-state index contributed by atoms with van der Waals surface area (Å²) in [6, 6.07) is -0.713. The molecule has 0 aromatic carbocycles. The van der Waals surface area contributed by atoms with Gasteiger partial charge in [0.15, 0.2) is 11.8 Å². The highest BCUT2D eigenvalue weighted by atomic mass is 16.4. The third kappa shape index (κ3) is 5.79. The molecule has 0 amide bonds. The summed E-state index contributed by atoms with van der Waals surface area (Å²) in [5.74, 6) is -1.90. The van der Waals surface area contributed by atoms with E-state index in [1.54, 1.807) is 0 Å². The van der Waals surface area contributed by atoms with Crippen LogP contribution in [0.4, 0.5) is 0 Å². The number of Topliss-reactive ketones (excluding diaryl/α,β-unsaturated/α-hetero) is 1. The van der Waals surface area contributed by atoms with Crippen molar-refractivity contribution in [2.24, 2.45) is 5.92 Å². The number of quaternary nitrogens is 2. The molecule has 2 atom stereocenters. The number of unbranched alkanes of at least 4 members (excludes halogenated alkanes) is 1. The zero-order chi connectivity index (χ0) is 12.6. The predicted molar refractivity (Wildman–Crippen MR) is 56.1 cm³/mol. The van der Waals surface area contributed by atoms with Gasteiger partial charge in [-0.25, -0.2) is 0 Å². The van der Waals surface area contributed by atoms with Gasteiger partial charge >= 0.3 is 5.97 Å². The van der Waals surface area contributed by atoms with Gasteiger partial charge in [0.05, 0.1) is 12.5 Å². The number of ketones is 1. The van der Waals surface area contributed by atoms with E-state index in [-0.39, 0.29) is 18.8 Å². The Kier molecular flexibility index (Phi) is 7.70. The molecule has 0 aliphatic heterocycles. The first kappa shape index (κ1) is 15.0. The van der Waals surface area contributed by atoms with Crippen molar-refractivity contribution in [3.63, 3.8) is 0 Å². The second kappa shape index (κ2) is 8.20. The SMILES string of the molecule is [NH3+]CCCCC(CC(=O)C([NH3+])CO)C(=O)O. The van der Waals surface area contributed by atoms with Crippen LogP contribution in [0.2, 0.25) is 0 Å². The van der Waals surface area contributed by atoms with Crippen LogP contribution >= 0.6 is 0 Å². The maximum Gasteiger partial charge on any atom is 0.306 e. The Labute approximate surface area is 94.6 Å². The minimum Gasteiger partial charge on any atom is -0.481 e. The number of aliphatic hydroxyl groups excluding tert-OH is 1. The number of hydrogen-bond donors (Lipinski definition) is 4. The minimum absolute atomic E-state index is 0.0405. The van der Waals surface area contributed by atoms with E-state index in [1.165, 1.54) is 0 Å². The van der Waals surface area contributed by atoms with E-state index in [2.05, 4.69) is 11.5 Å². The number of carbonyl (C=O) groups excluding carboxylic acids is 1. The Morgan fingerprint density at radius 3 is 2.31 bits per heavy atom. The topological polar surface area (TPSA) is 130 Å². The Morgan fingerprint density at radius 2 is 1.88 bits per heavy atom. The van der Waals surface area contributed by atoms with Crippen molar-refractivity contribution in [2.75, 3.05) is 13.2 Å². The van der Waals surface area contributed by atoms with E-state index < -0.39 is 17.9 Å². The van der Waals surface area contributed by atoms with Gasteiger partial charge in [-0.15, -0.1) is 0 Å². The summed E-state index contributed by atoms with van der Waals surface area (Å²) in [5.41, 5.74) is 7.14. The molecule has 2 unspecified atom stereocenters. The van der Waals surface area contributed by atoms with Gasteiger partial charge in [0.2, 0.25) is 0 Å². The fourth-order valence-electron chi connectivity index (χ4n) is 1.39. The van der Waals surface area contributed by atoms with Crippen LogP contribution in [0, 0.1) is 5.92 Å². The molecule has 0 aromatic heterocycles. The molecule has 0 saturated heterocycles. The van der Waals surface area contributed by atoms with Gasteiger partial charge in [0, 0.05) is 6.42 Å². The third-order valence-corrected chi connectivity index (χ3v) is 2.53. The van der Waals surface area contributed by atoms with E-state index in [0.29, 0.717) is 6.42 Å². The van der Waals surface area contributed by atoms with Gasteiger partial charge in [-0.2, -0.15) is 0 Å². The van der Waals surface area contributed by atoms with Gasteiger partial charge in [0.1, 0.15) is 6.61 Å². The van der Waals surface area contributed by atoms with E-state index in [0.717, 1.165) is 19.4 Å². The van der Waals surface area contributed by atoms with Gasteiger partial charge in [-0.05, 0) is 19.3 Å². The molecule has 0 aliphatic rings. The van der Waals surface area contributed by atoms with Crippen LogP contribution in [-0.4, -0.2) is 41.2 Å². The minimum atomic E-state index is -0.956. The van der Waals surface area contributed by atoms with Gasteiger partial charge in [-0.1, -0.05) is 0 Å². The molecule has 0 rings (SSSR count). The van der Waals surface area contributed by atoms with Crippen LogP contribution in [-0.2, 0) is 9.59 Å². The zero-order valence-corrected chi connectivity index (χ0v) is 9.52. The van der Waals surface area contributed by atoms with Crippen LogP contribution in [0.3, 0.4) is 0 Å². The lowest BCUT2D eigenvalue weighted by molar-refractivity contribution is -0.408. The van der Waals surface area contributed by atoms with Crippen molar-refractivity contribution < 1.29 is 31.3 Å². The molecule has 0 bridgehead atoms. The summed E-state index contributed by atoms with van der Waals surface area (Å²) in [7, 11) is 0. The Balaban J connectivity index is 4.12. The van der Waals surface area contributed by atoms with Crippen molar-refractivity contribution in [1.29, 1.82) is 0 Å². The summed E-state index contributed by atoms with van der Waals surface area (Å²) >= 11 is 0. The molecule has 94 valence electrons. The lowest BCUT2D eigenvalue weighted by Gasteiger charge is -2.11. The van der Waals surface area contributed by atoms with Crippen molar-refractivity contribution in [3.8, 4) is 0 Å². The fourth-order valence-corrected chi connectivity index (χ4v) is 1.39. The third-order valence-electron chi connectivity index (χ3n) is 2.53. The Hall–Kier alpha value is -0.980. The van der Waals surface area contributed by atoms with Crippen molar-refractivity contribution in [2.45, 2.75) is 31.7 Å². The average molecular weight is 234 g/mol. The number of carboxylic acid groups (broad SMARTS) is 1. The molecule has 16 heavy (non-hydrogen) atoms. The first-order valence-electron chi connectivity index (χ1n) is 5.51. The van der Waals surface area contributed by atoms with Crippen molar-refractivity contribution in [3.05, 3.63) is 0 Å². The smallest absolute Gasteiger partial charge is 0.306 e. The van der Waals surface area contributed by atoms with E-state index in [1.807, 2.05) is 0 Å². The molecule has 0 aromatic rings. The fraction of sp³-hybridized carbons (Fsp3) is 0.800. The van der Waals surface area contributed by atoms with E-state index in [9.17, 15) is 9.59 Å². The first-order chi connectivity index (χ1) is 7.52. The van der Waals surface area contributed by atoms with Crippen LogP contribution in [0.1, 0.15) is 25.7 Å². The second-order valence-corrected chi connectivity index (χ2v) is 3.93. The number of carboxylic acids is 1. The number of hydrogen-bond acceptors (Lipinski definition) is 3. The normalized spacial score (nSPS) is 14.4. The molecular formula is C10H22N2O4+2. The molecule has 0 heterocycles. The molecule has 0 fully saturated rings. The first-order valence-corrected chi connectivity index (χ1v) is 5.51. The Bertz CT molecular complexity index is 233. The van der Waals surface area contributed by atoms with Gasteiger partial charge < -0.3 is 21.7 Å². The summed E-state index contributed by atoms with van der Waals surface area (Å²) < 4.78 is 0. The summed E-state index contributed by atoms with van der Waals surface area (Å²) in [4.78, 5) is 22.3. The number of aliphatic carboxylic acids is 1. The van der Waals surface area contributed by atoms with Crippen LogP contribution in [0.15, 0.2) is 0 Å². The molecule has 0 aliphatic carbocycles. The van der Waals surface area contributed by atoms with Crippen molar-refractivity contribution in [1.82, 2.24) is 0 Å². The van der Waals surface area contributed by atoms with Crippen LogP contribution < -0.4 is 11.5 Å². The highest BCUT2D eigenvalue weighted by molar-refractivity contribution is 5.86. The quantitative estimate of drug-likeness (QED) is 0.333. The lowest BCUT2D eigenvalue weighted by atomic mass is 9.94. The Morgan fingerprint density at radius 1 is 1.25 bits per heavy atom. The highest BCUT2D eigenvalue weighted by Gasteiger charge is 2.25. The zero-order valence-electron chi connectivity index (χ0n) is 9.52. The number of rotatable bonds is 9. The maximum atomic E-state index is 11.4. The molecule has 0 saturated carbocycles. The molecule has 6 nitrogen and oxygen atoms in total. The number of carbonyl (C=O) groups is 2. The highest BCUT2D eigenvalue weighted by Crippen LogP contribution is 2.13. The van der Waals surface area contributed by atoms with Crippen LogP contribution in [0.25, 0.3) is 0 Å². The largest absolute Gasteiger partial charge is 0.481 e. The number of aliphatic hydroxyl groups is 1. The van der Waals surface area contributed by atoms with Gasteiger partial charge in [0.25, 0.3) is 0 Å². The molecule has 6 heteroatoms. The maximum absolute atomic E-state index is 11.4. The molecule has 0 spiro atoms. The van der Waals surface area contributed by atoms with Gasteiger partial charge in [-0.3, -0.25) is 9.59 Å². The lowest BCUT2D eigenvalue weighted by Crippen LogP contribution is -2.67. The summed E-state index contributed by atoms with van der Waals surface area (Å²) in [6.45, 7) is 0.443. The average Bonchev–Trinajstić information content (AvgIpc) is 2.26. The van der Waals surface area contributed by atoms with Crippen LogP contribution in [0.5, 0.6) is 0 Å². The molecular weight excluding hydrogens is 212 g/mol. The standard InChI is InChI=1S/C10H20N2O4/c11-4-2-1-3-7(10(15)16)5-9(14)8(12)6-13/h7-8,13H,1-6,11-12H2,(H,15,16)/p+2. The van der Waals surface area contributed by atoms with Crippen molar-refractivity contribution >= 4 is 11.8 Å². The molecule has 0 radical (unpaired) electrons. The molecule has 8 N–H and O–H groups in total.